The first-order valence-electron chi connectivity index (χ1n) is 9.66. The molecule has 0 bridgehead atoms. The van der Waals surface area contributed by atoms with Crippen molar-refractivity contribution in [3.8, 4) is 5.75 Å². The summed E-state index contributed by atoms with van der Waals surface area (Å²) in [6.45, 7) is 2.37. The number of methoxy groups -OCH3 is 1. The van der Waals surface area contributed by atoms with E-state index >= 15 is 0 Å². The van der Waals surface area contributed by atoms with Crippen LogP contribution >= 0.6 is 0 Å². The Morgan fingerprint density at radius 3 is 1.88 bits per heavy atom. The Labute approximate surface area is 157 Å². The maximum atomic E-state index is 11.0. The highest BCUT2D eigenvalue weighted by molar-refractivity contribution is 5.68. The van der Waals surface area contributed by atoms with Crippen molar-refractivity contribution in [1.29, 1.82) is 0 Å². The second-order valence-corrected chi connectivity index (χ2v) is 6.73. The maximum absolute atomic E-state index is 11.0. The van der Waals surface area contributed by atoms with Crippen LogP contribution in [0, 0.1) is 6.92 Å². The van der Waals surface area contributed by atoms with Crippen molar-refractivity contribution in [2.24, 2.45) is 0 Å². The summed E-state index contributed by atoms with van der Waals surface area (Å²) in [5, 5.41) is 19.0. The summed E-state index contributed by atoms with van der Waals surface area (Å²) in [4.78, 5) is 11.0. The first-order valence-corrected chi connectivity index (χ1v) is 9.66. The molecule has 0 saturated carbocycles. The highest BCUT2D eigenvalue weighted by Gasteiger charge is 2.10. The van der Waals surface area contributed by atoms with Gasteiger partial charge in [-0.2, -0.15) is 0 Å². The van der Waals surface area contributed by atoms with Crippen molar-refractivity contribution < 1.29 is 24.5 Å². The van der Waals surface area contributed by atoms with E-state index in [2.05, 4.69) is 4.74 Å². The van der Waals surface area contributed by atoms with Gasteiger partial charge in [0.25, 0.3) is 0 Å². The third-order valence-electron chi connectivity index (χ3n) is 4.48. The number of aliphatic hydroxyl groups excluding tert-OH is 2. The van der Waals surface area contributed by atoms with Crippen LogP contribution in [-0.2, 0) is 22.7 Å². The van der Waals surface area contributed by atoms with E-state index in [1.165, 1.54) is 26.4 Å². The third kappa shape index (κ3) is 8.68. The smallest absolute Gasteiger partial charge is 0.305 e. The van der Waals surface area contributed by atoms with Gasteiger partial charge in [0.15, 0.2) is 0 Å². The molecule has 0 amide bonds. The van der Waals surface area contributed by atoms with Crippen molar-refractivity contribution in [3.05, 3.63) is 28.8 Å². The van der Waals surface area contributed by atoms with Crippen LogP contribution in [0.1, 0.15) is 74.5 Å². The van der Waals surface area contributed by atoms with E-state index in [1.54, 1.807) is 0 Å². The van der Waals surface area contributed by atoms with Crippen LogP contribution in [0.2, 0.25) is 0 Å². The minimum Gasteiger partial charge on any atom is -0.493 e. The van der Waals surface area contributed by atoms with Crippen molar-refractivity contribution in [3.63, 3.8) is 0 Å². The van der Waals surface area contributed by atoms with E-state index in [0.717, 1.165) is 48.8 Å². The van der Waals surface area contributed by atoms with E-state index < -0.39 is 0 Å². The van der Waals surface area contributed by atoms with E-state index in [4.69, 9.17) is 4.74 Å². The molecular weight excluding hydrogens is 332 g/mol. The molecule has 0 aliphatic carbocycles. The van der Waals surface area contributed by atoms with Crippen LogP contribution in [-0.4, -0.2) is 29.9 Å². The molecule has 5 heteroatoms. The zero-order valence-electron chi connectivity index (χ0n) is 16.3. The molecule has 148 valence electrons. The fraction of sp³-hybridized carbons (Fsp3) is 0.667. The lowest BCUT2D eigenvalue weighted by atomic mass is 10.1. The number of aryl methyl sites for hydroxylation is 1. The monoisotopic (exact) mass is 366 g/mol. The summed E-state index contributed by atoms with van der Waals surface area (Å²) >= 11 is 0. The van der Waals surface area contributed by atoms with Gasteiger partial charge in [0.05, 0.1) is 26.9 Å². The molecule has 0 heterocycles. The Morgan fingerprint density at radius 1 is 0.885 bits per heavy atom. The van der Waals surface area contributed by atoms with Crippen molar-refractivity contribution >= 4 is 5.97 Å². The van der Waals surface area contributed by atoms with E-state index in [1.807, 2.05) is 19.1 Å². The topological polar surface area (TPSA) is 76.0 Å². The molecule has 1 rings (SSSR count). The van der Waals surface area contributed by atoms with Crippen LogP contribution in [0.5, 0.6) is 5.75 Å². The Hall–Kier alpha value is -1.59. The van der Waals surface area contributed by atoms with Gasteiger partial charge in [0.2, 0.25) is 0 Å². The number of hydrogen-bond acceptors (Lipinski definition) is 5. The number of unbranched alkanes of at least 4 members (excludes halogenated alkanes) is 7. The summed E-state index contributed by atoms with van der Waals surface area (Å²) in [5.41, 5.74) is 2.49. The van der Waals surface area contributed by atoms with Gasteiger partial charge in [-0.25, -0.2) is 0 Å². The Bertz CT molecular complexity index is 502. The molecule has 1 aromatic rings. The van der Waals surface area contributed by atoms with Crippen LogP contribution in [0.15, 0.2) is 12.1 Å². The lowest BCUT2D eigenvalue weighted by Gasteiger charge is -2.15. The molecule has 0 aliphatic heterocycles. The molecule has 5 nitrogen and oxygen atoms in total. The molecule has 0 unspecified atom stereocenters. The quantitative estimate of drug-likeness (QED) is 0.384. The molecular formula is C21H34O5. The molecule has 0 saturated heterocycles. The van der Waals surface area contributed by atoms with Crippen molar-refractivity contribution in [2.45, 2.75) is 77.9 Å². The first kappa shape index (κ1) is 22.5. The Balaban J connectivity index is 2.12. The maximum Gasteiger partial charge on any atom is 0.305 e. The number of esters is 1. The van der Waals surface area contributed by atoms with Gasteiger partial charge in [-0.15, -0.1) is 0 Å². The summed E-state index contributed by atoms with van der Waals surface area (Å²) in [6.07, 6.45) is 9.33. The Kier molecular flexibility index (Phi) is 11.7. The number of ether oxygens (including phenoxy) is 2. The lowest BCUT2D eigenvalue weighted by Crippen LogP contribution is -2.04. The number of carbonyl (C=O) groups is 1. The van der Waals surface area contributed by atoms with E-state index in [0.29, 0.717) is 18.8 Å². The standard InChI is InChI=1S/C21H34O5/c1-17-13-18(15-22)21(19(14-17)16-23)26-12-10-8-6-4-3-5-7-9-11-20(24)25-2/h13-14,22-23H,3-12,15-16H2,1-2H3. The molecule has 0 radical (unpaired) electrons. The molecule has 0 spiro atoms. The largest absolute Gasteiger partial charge is 0.493 e. The number of rotatable bonds is 14. The second kappa shape index (κ2) is 13.6. The second-order valence-electron chi connectivity index (χ2n) is 6.73. The zero-order chi connectivity index (χ0) is 19.2. The summed E-state index contributed by atoms with van der Waals surface area (Å²) in [6, 6.07) is 3.80. The van der Waals surface area contributed by atoms with Gasteiger partial charge < -0.3 is 19.7 Å². The molecule has 0 aromatic heterocycles. The molecule has 0 aliphatic rings. The predicted octanol–water partition coefficient (Wildman–Crippen LogP) is 4.04. The Morgan fingerprint density at radius 2 is 1.38 bits per heavy atom. The van der Waals surface area contributed by atoms with E-state index in [9.17, 15) is 15.0 Å². The number of hydrogen-bond donors (Lipinski definition) is 2. The molecule has 0 fully saturated rings. The lowest BCUT2D eigenvalue weighted by molar-refractivity contribution is -0.140. The third-order valence-corrected chi connectivity index (χ3v) is 4.48. The summed E-state index contributed by atoms with van der Waals surface area (Å²) in [7, 11) is 1.43. The van der Waals surface area contributed by atoms with Gasteiger partial charge in [-0.3, -0.25) is 4.79 Å². The summed E-state index contributed by atoms with van der Waals surface area (Å²) < 4.78 is 10.5. The number of carbonyl (C=O) groups excluding carboxylic acids is 1. The molecule has 0 atom stereocenters. The van der Waals surface area contributed by atoms with E-state index in [-0.39, 0.29) is 19.2 Å². The van der Waals surface area contributed by atoms with Gasteiger partial charge in [0.1, 0.15) is 5.75 Å². The van der Waals surface area contributed by atoms with Crippen molar-refractivity contribution in [2.75, 3.05) is 13.7 Å². The van der Waals surface area contributed by atoms with Gasteiger partial charge in [-0.1, -0.05) is 56.2 Å². The van der Waals surface area contributed by atoms with Crippen LogP contribution < -0.4 is 4.74 Å². The highest BCUT2D eigenvalue weighted by Crippen LogP contribution is 2.26. The minimum atomic E-state index is -0.118. The van der Waals surface area contributed by atoms with Crippen molar-refractivity contribution in [1.82, 2.24) is 0 Å². The van der Waals surface area contributed by atoms with Gasteiger partial charge in [-0.05, 0) is 19.8 Å². The average Bonchev–Trinajstić information content (AvgIpc) is 2.65. The SMILES string of the molecule is COC(=O)CCCCCCCCCCOc1c(CO)cc(C)cc1CO. The summed E-state index contributed by atoms with van der Waals surface area (Å²) in [5.74, 6) is 0.512. The predicted molar refractivity (Wildman–Crippen MR) is 102 cm³/mol. The molecule has 1 aromatic carbocycles. The van der Waals surface area contributed by atoms with Gasteiger partial charge >= 0.3 is 5.97 Å². The highest BCUT2D eigenvalue weighted by atomic mass is 16.5. The normalized spacial score (nSPS) is 10.8. The number of benzene rings is 1. The molecule has 26 heavy (non-hydrogen) atoms. The zero-order valence-corrected chi connectivity index (χ0v) is 16.3. The first-order chi connectivity index (χ1) is 12.6. The van der Waals surface area contributed by atoms with Crippen LogP contribution in [0.4, 0.5) is 0 Å². The fourth-order valence-corrected chi connectivity index (χ4v) is 3.06. The van der Waals surface area contributed by atoms with Crippen LogP contribution in [0.3, 0.4) is 0 Å². The van der Waals surface area contributed by atoms with Crippen LogP contribution in [0.25, 0.3) is 0 Å². The van der Waals surface area contributed by atoms with Gasteiger partial charge in [0, 0.05) is 17.5 Å². The minimum absolute atomic E-state index is 0.0833. The average molecular weight is 366 g/mol. The number of aliphatic hydroxyl groups is 2. The molecule has 2 N–H and O–H groups in total. The fourth-order valence-electron chi connectivity index (χ4n) is 3.06.